The second-order valence-electron chi connectivity index (χ2n) is 7.40. The average molecular weight is 504 g/mol. The Kier molecular flexibility index (Phi) is 12.6. The maximum atomic E-state index is 2.31. The minimum Gasteiger partial charge on any atom is -1.00 e. The average Bonchev–Trinajstić information content (AvgIpc) is 3.22. The van der Waals surface area contributed by atoms with Crippen molar-refractivity contribution in [2.75, 3.05) is 0 Å². The monoisotopic (exact) mass is 502 g/mol. The molecule has 0 bridgehead atoms. The second kappa shape index (κ2) is 13.2. The summed E-state index contributed by atoms with van der Waals surface area (Å²) >= 11 is 0. The molecule has 0 atom stereocenters. The van der Waals surface area contributed by atoms with Gasteiger partial charge in [0.2, 0.25) is 0 Å². The van der Waals surface area contributed by atoms with Crippen LogP contribution in [-0.2, 0) is 27.1 Å². The van der Waals surface area contributed by atoms with Crippen LogP contribution >= 0.6 is 0 Å². The Morgan fingerprint density at radius 2 is 0.903 bits per heavy atom. The van der Waals surface area contributed by atoms with Crippen molar-refractivity contribution in [3.63, 3.8) is 0 Å². The van der Waals surface area contributed by atoms with Crippen LogP contribution in [0.5, 0.6) is 0 Å². The van der Waals surface area contributed by atoms with Gasteiger partial charge in [-0.05, 0) is 22.6 Å². The van der Waals surface area contributed by atoms with E-state index in [1.807, 2.05) is 0 Å². The van der Waals surface area contributed by atoms with Gasteiger partial charge in [0, 0.05) is 5.41 Å². The molecule has 4 heteroatoms. The first-order chi connectivity index (χ1) is 13.2. The third kappa shape index (κ3) is 5.51. The van der Waals surface area contributed by atoms with Gasteiger partial charge in [-0.25, -0.2) is 12.1 Å². The van der Waals surface area contributed by atoms with Crippen LogP contribution in [0.2, 0.25) is 0 Å². The fourth-order valence-corrected chi connectivity index (χ4v) is 4.31. The van der Waals surface area contributed by atoms with E-state index >= 15 is 0 Å². The molecule has 0 saturated carbocycles. The number of halogens is 3. The Morgan fingerprint density at radius 3 is 1.23 bits per heavy atom. The number of rotatable bonds is 5. The van der Waals surface area contributed by atoms with Crippen LogP contribution < -0.4 is 37.2 Å². The van der Waals surface area contributed by atoms with Crippen molar-refractivity contribution >= 4 is 0 Å². The molecule has 0 nitrogen and oxygen atoms in total. The van der Waals surface area contributed by atoms with E-state index < -0.39 is 0 Å². The van der Waals surface area contributed by atoms with Crippen molar-refractivity contribution in [3.8, 4) is 0 Å². The molecule has 0 aliphatic rings. The second-order valence-corrected chi connectivity index (χ2v) is 7.40. The van der Waals surface area contributed by atoms with E-state index in [0.29, 0.717) is 5.92 Å². The molecule has 4 aromatic carbocycles. The minimum absolute atomic E-state index is 0. The summed E-state index contributed by atoms with van der Waals surface area (Å²) in [6, 6.07) is 39.5. The third-order valence-electron chi connectivity index (χ3n) is 5.50. The summed E-state index contributed by atoms with van der Waals surface area (Å²) in [5.41, 5.74) is 6.36. The summed E-state index contributed by atoms with van der Waals surface area (Å²) in [5, 5.41) is 0. The molecule has 0 spiro atoms. The van der Waals surface area contributed by atoms with Crippen LogP contribution in [0.25, 0.3) is 0 Å². The summed E-state index contributed by atoms with van der Waals surface area (Å²) in [5.74, 6) is 0.463. The van der Waals surface area contributed by atoms with Gasteiger partial charge in [-0.3, -0.25) is 0 Å². The standard InChI is InChI=1S/C27H25.3ClH.Ti/c1-21(2)25-19-12-20-26(25)27(22-13-6-3-7-14-22,23-15-8-4-9-16-23)24-17-10-5-11-18-24;;;;/h3-21H,1-2H3;3*1H;/q-1;;;;+4/p-3. The fraction of sp³-hybridized carbons (Fsp3) is 0.148. The van der Waals surface area contributed by atoms with Crippen LogP contribution in [0.3, 0.4) is 0 Å². The molecule has 31 heavy (non-hydrogen) atoms. The molecule has 0 aliphatic carbocycles. The van der Waals surface area contributed by atoms with Gasteiger partial charge in [0.1, 0.15) is 0 Å². The predicted octanol–water partition coefficient (Wildman–Crippen LogP) is -2.08. The van der Waals surface area contributed by atoms with E-state index in [-0.39, 0.29) is 64.4 Å². The van der Waals surface area contributed by atoms with E-state index in [1.165, 1.54) is 27.8 Å². The molecule has 4 rings (SSSR count). The van der Waals surface area contributed by atoms with Crippen LogP contribution in [0.4, 0.5) is 0 Å². The fourth-order valence-electron chi connectivity index (χ4n) is 4.31. The molecule has 0 unspecified atom stereocenters. The summed E-state index contributed by atoms with van der Waals surface area (Å²) in [6.07, 6.45) is 0. The first-order valence-electron chi connectivity index (χ1n) is 9.67. The van der Waals surface area contributed by atoms with Gasteiger partial charge in [0.05, 0.1) is 0 Å². The summed E-state index contributed by atoms with van der Waals surface area (Å²) in [7, 11) is 0. The van der Waals surface area contributed by atoms with Gasteiger partial charge in [-0.1, -0.05) is 105 Å². The maximum Gasteiger partial charge on any atom is 4.00 e. The molecular weight excluding hydrogens is 479 g/mol. The van der Waals surface area contributed by atoms with Crippen LogP contribution in [0.1, 0.15) is 47.6 Å². The van der Waals surface area contributed by atoms with Crippen molar-refractivity contribution in [2.24, 2.45) is 0 Å². The molecule has 0 heterocycles. The molecule has 0 fully saturated rings. The van der Waals surface area contributed by atoms with Crippen LogP contribution in [-0.4, -0.2) is 0 Å². The zero-order chi connectivity index (χ0) is 18.7. The Balaban J connectivity index is 0.00000225. The van der Waals surface area contributed by atoms with Crippen molar-refractivity contribution in [1.29, 1.82) is 0 Å². The zero-order valence-electron chi connectivity index (χ0n) is 17.6. The number of hydrogen-bond acceptors (Lipinski definition) is 0. The van der Waals surface area contributed by atoms with Gasteiger partial charge < -0.3 is 37.2 Å². The van der Waals surface area contributed by atoms with E-state index in [1.54, 1.807) is 0 Å². The zero-order valence-corrected chi connectivity index (χ0v) is 21.4. The Morgan fingerprint density at radius 1 is 0.548 bits per heavy atom. The molecule has 0 radical (unpaired) electrons. The summed E-state index contributed by atoms with van der Waals surface area (Å²) in [4.78, 5) is 0. The van der Waals surface area contributed by atoms with Gasteiger partial charge in [-0.15, -0.1) is 5.56 Å². The van der Waals surface area contributed by atoms with E-state index in [4.69, 9.17) is 0 Å². The van der Waals surface area contributed by atoms with Gasteiger partial charge in [0.15, 0.2) is 0 Å². The summed E-state index contributed by atoms with van der Waals surface area (Å²) in [6.45, 7) is 4.56. The van der Waals surface area contributed by atoms with E-state index in [0.717, 1.165) is 0 Å². The molecule has 0 aliphatic heterocycles. The topological polar surface area (TPSA) is 0 Å². The van der Waals surface area contributed by atoms with Gasteiger partial charge >= 0.3 is 21.7 Å². The van der Waals surface area contributed by atoms with Crippen molar-refractivity contribution in [1.82, 2.24) is 0 Å². The number of hydrogen-bond donors (Lipinski definition) is 0. The molecular formula is C27H25Cl3Ti. The molecule has 0 saturated heterocycles. The van der Waals surface area contributed by atoms with E-state index in [2.05, 4.69) is 123 Å². The molecule has 158 valence electrons. The van der Waals surface area contributed by atoms with Crippen LogP contribution in [0.15, 0.2) is 109 Å². The smallest absolute Gasteiger partial charge is 1.00 e. The molecule has 0 aromatic heterocycles. The van der Waals surface area contributed by atoms with Crippen molar-refractivity contribution in [3.05, 3.63) is 137 Å². The van der Waals surface area contributed by atoms with Gasteiger partial charge in [-0.2, -0.15) is 11.6 Å². The van der Waals surface area contributed by atoms with Crippen LogP contribution in [0, 0.1) is 0 Å². The first-order valence-corrected chi connectivity index (χ1v) is 9.67. The quantitative estimate of drug-likeness (QED) is 0.167. The Hall–Kier alpha value is -1.41. The third-order valence-corrected chi connectivity index (χ3v) is 5.50. The maximum absolute atomic E-state index is 2.31. The predicted molar refractivity (Wildman–Crippen MR) is 114 cm³/mol. The Bertz CT molecular complexity index is 900. The molecule has 4 aromatic rings. The molecule has 0 amide bonds. The first kappa shape index (κ1) is 29.6. The Labute approximate surface area is 220 Å². The summed E-state index contributed by atoms with van der Waals surface area (Å²) < 4.78 is 0. The number of benzene rings is 3. The SMILES string of the molecule is CC(C)c1ccc[c-]1C(c1ccccc1)(c1ccccc1)c1ccccc1.[Cl-].[Cl-].[Cl-].[Ti+4]. The molecule has 0 N–H and O–H groups in total. The van der Waals surface area contributed by atoms with Crippen molar-refractivity contribution < 1.29 is 58.9 Å². The normalized spacial score (nSPS) is 10.2. The van der Waals surface area contributed by atoms with Gasteiger partial charge in [0.25, 0.3) is 0 Å². The van der Waals surface area contributed by atoms with E-state index in [9.17, 15) is 0 Å². The van der Waals surface area contributed by atoms with Crippen molar-refractivity contribution in [2.45, 2.75) is 25.2 Å². The minimum atomic E-state index is -0.327. The largest absolute Gasteiger partial charge is 4.00 e.